The number of hydrogen-bond donors (Lipinski definition) is 4. The number of benzene rings is 2. The van der Waals surface area contributed by atoms with Crippen molar-refractivity contribution < 1.29 is 52.4 Å². The maximum Gasteiger partial charge on any atom is 0.267 e. The third-order valence-corrected chi connectivity index (χ3v) is 9.52. The summed E-state index contributed by atoms with van der Waals surface area (Å²) >= 11 is 1.34. The Labute approximate surface area is 330 Å². The summed E-state index contributed by atoms with van der Waals surface area (Å²) in [5, 5.41) is 9.08. The first-order valence-corrected chi connectivity index (χ1v) is 19.1. The van der Waals surface area contributed by atoms with Crippen molar-refractivity contribution >= 4 is 64.1 Å². The number of aromatic nitrogens is 3. The number of ether oxygens (including phenoxy) is 6. The van der Waals surface area contributed by atoms with Crippen molar-refractivity contribution in [2.45, 2.75) is 24.0 Å². The van der Waals surface area contributed by atoms with Gasteiger partial charge >= 0.3 is 0 Å². The molecular formula is C37H42N8O11S. The number of primary amides is 1. The van der Waals surface area contributed by atoms with E-state index in [0.717, 1.165) is 4.90 Å². The normalized spacial score (nSPS) is 15.1. The van der Waals surface area contributed by atoms with Crippen molar-refractivity contribution in [3.63, 3.8) is 0 Å². The molecule has 1 unspecified atom stereocenters. The molecular weight excluding hydrogens is 765 g/mol. The zero-order valence-electron chi connectivity index (χ0n) is 31.5. The highest BCUT2D eigenvalue weighted by atomic mass is 32.2. The van der Waals surface area contributed by atoms with E-state index >= 15 is 0 Å². The number of piperidine rings is 1. The molecule has 20 heteroatoms. The fraction of sp³-hybridized carbons (Fsp3) is 0.378. The SMILES string of the molecule is COc1cc(Nc2cc3ncc(C(N)=O)n3c(SC)n2)cc(OC)c1OCCOCCOCCOCCNc1cccc2c1C(=O)N(C1CCC(=O)NC1=O)C2=O. The molecule has 0 spiro atoms. The number of amides is 5. The number of nitrogens with zero attached hydrogens (tertiary/aromatic N) is 4. The maximum atomic E-state index is 13.2. The summed E-state index contributed by atoms with van der Waals surface area (Å²) in [5.74, 6) is -1.10. The zero-order chi connectivity index (χ0) is 40.5. The second-order valence-electron chi connectivity index (χ2n) is 12.5. The van der Waals surface area contributed by atoms with Crippen LogP contribution in [0.3, 0.4) is 0 Å². The lowest BCUT2D eigenvalue weighted by atomic mass is 10.0. The lowest BCUT2D eigenvalue weighted by Gasteiger charge is -2.27. The molecule has 4 aromatic rings. The van der Waals surface area contributed by atoms with E-state index in [9.17, 15) is 24.0 Å². The largest absolute Gasteiger partial charge is 0.493 e. The van der Waals surface area contributed by atoms with Crippen molar-refractivity contribution in [3.8, 4) is 17.2 Å². The van der Waals surface area contributed by atoms with E-state index in [-0.39, 0.29) is 42.9 Å². The predicted molar refractivity (Wildman–Crippen MR) is 206 cm³/mol. The van der Waals surface area contributed by atoms with Gasteiger partial charge < -0.3 is 44.8 Å². The van der Waals surface area contributed by atoms with E-state index in [1.54, 1.807) is 40.8 Å². The van der Waals surface area contributed by atoms with Gasteiger partial charge in [0.2, 0.25) is 17.6 Å². The minimum atomic E-state index is -1.03. The van der Waals surface area contributed by atoms with E-state index in [4.69, 9.17) is 34.2 Å². The minimum Gasteiger partial charge on any atom is -0.493 e. The molecule has 2 aliphatic rings. The molecule has 1 atom stereocenters. The van der Waals surface area contributed by atoms with Crippen LogP contribution in [0.2, 0.25) is 0 Å². The van der Waals surface area contributed by atoms with Crippen molar-refractivity contribution in [1.82, 2.24) is 24.6 Å². The van der Waals surface area contributed by atoms with Gasteiger partial charge in [-0.25, -0.2) is 9.97 Å². The summed E-state index contributed by atoms with van der Waals surface area (Å²) in [6, 6.07) is 9.03. The number of hydrogen-bond acceptors (Lipinski definition) is 16. The highest BCUT2D eigenvalue weighted by Gasteiger charge is 2.45. The quantitative estimate of drug-likeness (QED) is 0.0409. The standard InChI is InChI=1S/C37H42N8O11S/c1-51-26-17-21(41-28-19-29-40-20-25(33(38)47)44(29)37(42-28)57-3)18-27(52-2)32(26)56-16-15-55-14-13-54-12-11-53-10-9-39-23-6-4-5-22-31(23)36(50)45(35(22)49)24-7-8-30(46)43-34(24)48/h4-6,17-20,24,39,41H,7-16H2,1-3H3,(H2,38,47)(H,43,46,48). The van der Waals surface area contributed by atoms with E-state index in [2.05, 4.69) is 25.9 Å². The van der Waals surface area contributed by atoms with Gasteiger partial charge in [-0.3, -0.25) is 38.6 Å². The second kappa shape index (κ2) is 18.8. The molecule has 2 aromatic heterocycles. The highest BCUT2D eigenvalue weighted by Crippen LogP contribution is 2.41. The molecule has 4 heterocycles. The number of fused-ring (bicyclic) bond motifs is 2. The molecule has 1 fully saturated rings. The Morgan fingerprint density at radius 3 is 2.28 bits per heavy atom. The van der Waals surface area contributed by atoms with Crippen LogP contribution in [0.4, 0.5) is 17.2 Å². The number of carbonyl (C=O) groups is 5. The second-order valence-corrected chi connectivity index (χ2v) is 13.2. The number of anilines is 3. The number of methoxy groups -OCH3 is 2. The molecule has 0 aliphatic carbocycles. The van der Waals surface area contributed by atoms with Crippen molar-refractivity contribution in [3.05, 3.63) is 59.4 Å². The van der Waals surface area contributed by atoms with Crippen molar-refractivity contribution in [1.29, 1.82) is 0 Å². The molecule has 57 heavy (non-hydrogen) atoms. The van der Waals surface area contributed by atoms with E-state index in [1.807, 2.05) is 6.26 Å². The molecule has 0 bridgehead atoms. The monoisotopic (exact) mass is 806 g/mol. The number of nitrogens with two attached hydrogens (primary N) is 1. The van der Waals surface area contributed by atoms with Crippen LogP contribution in [0.1, 0.15) is 44.0 Å². The number of carbonyl (C=O) groups excluding carboxylic acids is 5. The third-order valence-electron chi connectivity index (χ3n) is 8.88. The molecule has 0 saturated carbocycles. The summed E-state index contributed by atoms with van der Waals surface area (Å²) in [5.41, 5.74) is 7.70. The fourth-order valence-electron chi connectivity index (χ4n) is 6.26. The van der Waals surface area contributed by atoms with Gasteiger partial charge in [0.1, 0.15) is 29.8 Å². The van der Waals surface area contributed by atoms with Gasteiger partial charge in [0.15, 0.2) is 16.7 Å². The van der Waals surface area contributed by atoms with Crippen LogP contribution in [-0.4, -0.2) is 128 Å². The Morgan fingerprint density at radius 1 is 0.947 bits per heavy atom. The minimum absolute atomic E-state index is 0.0517. The van der Waals surface area contributed by atoms with Crippen molar-refractivity contribution in [2.75, 3.05) is 83.9 Å². The van der Waals surface area contributed by atoms with Crippen molar-refractivity contribution in [2.24, 2.45) is 5.73 Å². The summed E-state index contributed by atoms with van der Waals surface area (Å²) in [4.78, 5) is 71.8. The lowest BCUT2D eigenvalue weighted by Crippen LogP contribution is -2.54. The van der Waals surface area contributed by atoms with Gasteiger partial charge in [-0.2, -0.15) is 0 Å². The smallest absolute Gasteiger partial charge is 0.267 e. The Bertz CT molecular complexity index is 2140. The Hall–Kier alpha value is -5.96. The first-order valence-electron chi connectivity index (χ1n) is 17.8. The zero-order valence-corrected chi connectivity index (χ0v) is 32.3. The van der Waals surface area contributed by atoms with Crippen LogP contribution in [0.25, 0.3) is 5.65 Å². The van der Waals surface area contributed by atoms with Crippen LogP contribution in [0.5, 0.6) is 17.2 Å². The summed E-state index contributed by atoms with van der Waals surface area (Å²) in [6.07, 6.45) is 3.39. The number of nitrogens with one attached hydrogen (secondary N) is 3. The van der Waals surface area contributed by atoms with Gasteiger partial charge in [-0.05, 0) is 24.8 Å². The molecule has 0 radical (unpaired) electrons. The predicted octanol–water partition coefficient (Wildman–Crippen LogP) is 2.25. The number of imidazole rings is 1. The Balaban J connectivity index is 0.874. The lowest BCUT2D eigenvalue weighted by molar-refractivity contribution is -0.136. The van der Waals surface area contributed by atoms with Crippen LogP contribution in [-0.2, 0) is 23.8 Å². The number of rotatable bonds is 21. The molecule has 5 N–H and O–H groups in total. The molecule has 1 saturated heterocycles. The molecule has 2 aliphatic heterocycles. The van der Waals surface area contributed by atoms with Gasteiger partial charge in [0, 0.05) is 42.5 Å². The van der Waals surface area contributed by atoms with Gasteiger partial charge in [-0.1, -0.05) is 17.8 Å². The van der Waals surface area contributed by atoms with Crippen LogP contribution >= 0.6 is 11.8 Å². The average molecular weight is 807 g/mol. The summed E-state index contributed by atoms with van der Waals surface area (Å²) in [7, 11) is 3.04. The molecule has 2 aromatic carbocycles. The van der Waals surface area contributed by atoms with Gasteiger partial charge in [-0.15, -0.1) is 0 Å². The maximum absolute atomic E-state index is 13.2. The fourth-order valence-corrected chi connectivity index (χ4v) is 6.82. The van der Waals surface area contributed by atoms with E-state index in [1.165, 1.54) is 32.2 Å². The van der Waals surface area contributed by atoms with E-state index < -0.39 is 35.6 Å². The van der Waals surface area contributed by atoms with Gasteiger partial charge in [0.25, 0.3) is 17.7 Å². The average Bonchev–Trinajstić information content (AvgIpc) is 3.75. The number of imide groups is 2. The Morgan fingerprint density at radius 2 is 1.63 bits per heavy atom. The molecule has 6 rings (SSSR count). The van der Waals surface area contributed by atoms with Gasteiger partial charge in [0.05, 0.1) is 71.2 Å². The molecule has 5 amide bonds. The molecule has 19 nitrogen and oxygen atoms in total. The summed E-state index contributed by atoms with van der Waals surface area (Å²) in [6.45, 7) is 2.48. The van der Waals surface area contributed by atoms with Crippen LogP contribution in [0.15, 0.2) is 47.8 Å². The molecule has 302 valence electrons. The Kier molecular flexibility index (Phi) is 13.4. The number of thioether (sulfide) groups is 1. The summed E-state index contributed by atoms with van der Waals surface area (Å²) < 4.78 is 35.6. The third kappa shape index (κ3) is 9.20. The van der Waals surface area contributed by atoms with E-state index in [0.29, 0.717) is 84.8 Å². The van der Waals surface area contributed by atoms with Crippen LogP contribution < -0.4 is 35.9 Å². The van der Waals surface area contributed by atoms with Crippen LogP contribution in [0, 0.1) is 0 Å². The topological polar surface area (TPSA) is 236 Å². The first-order chi connectivity index (χ1) is 27.6. The first kappa shape index (κ1) is 40.7. The highest BCUT2D eigenvalue weighted by molar-refractivity contribution is 7.98.